The number of Topliss-reactive ketones (excluding diaryl/α,β-unsaturated/α-hetero) is 1. The molecule has 0 bridgehead atoms. The molecule has 1 aliphatic heterocycles. The molecule has 0 aromatic heterocycles. The van der Waals surface area contributed by atoms with Crippen LogP contribution in [0.2, 0.25) is 0 Å². The smallest absolute Gasteiger partial charge is 0.222 e. The van der Waals surface area contributed by atoms with E-state index in [0.717, 1.165) is 25.8 Å². The van der Waals surface area contributed by atoms with Crippen LogP contribution in [0.15, 0.2) is 0 Å². The Morgan fingerprint density at radius 1 is 1.41 bits per heavy atom. The minimum absolute atomic E-state index is 0.164. The van der Waals surface area contributed by atoms with Crippen molar-refractivity contribution in [3.05, 3.63) is 0 Å². The van der Waals surface area contributed by atoms with Crippen LogP contribution in [0.5, 0.6) is 0 Å². The predicted octanol–water partition coefficient (Wildman–Crippen LogP) is 2.64. The number of hydrogen-bond acceptors (Lipinski definition) is 2. The summed E-state index contributed by atoms with van der Waals surface area (Å²) in [6.07, 6.45) is 4.10. The monoisotopic (exact) mass is 239 g/mol. The van der Waals surface area contributed by atoms with Gasteiger partial charge in [-0.3, -0.25) is 9.59 Å². The van der Waals surface area contributed by atoms with E-state index in [1.165, 1.54) is 0 Å². The van der Waals surface area contributed by atoms with Crippen molar-refractivity contribution in [2.75, 3.05) is 13.1 Å². The van der Waals surface area contributed by atoms with E-state index < -0.39 is 0 Å². The zero-order valence-corrected chi connectivity index (χ0v) is 11.4. The van der Waals surface area contributed by atoms with Crippen LogP contribution in [-0.2, 0) is 9.59 Å². The first-order valence-corrected chi connectivity index (χ1v) is 6.84. The Morgan fingerprint density at radius 3 is 2.71 bits per heavy atom. The van der Waals surface area contributed by atoms with Gasteiger partial charge in [0.1, 0.15) is 0 Å². The van der Waals surface area contributed by atoms with Crippen LogP contribution in [0.25, 0.3) is 0 Å². The fourth-order valence-corrected chi connectivity index (χ4v) is 2.46. The van der Waals surface area contributed by atoms with Gasteiger partial charge in [-0.05, 0) is 31.1 Å². The third-order valence-electron chi connectivity index (χ3n) is 3.69. The maximum Gasteiger partial charge on any atom is 0.222 e. The molecule has 1 atom stereocenters. The average molecular weight is 239 g/mol. The summed E-state index contributed by atoms with van der Waals surface area (Å²) >= 11 is 0. The van der Waals surface area contributed by atoms with E-state index in [4.69, 9.17) is 0 Å². The molecule has 0 saturated carbocycles. The number of ketones is 1. The molecule has 1 aliphatic rings. The minimum atomic E-state index is 0.164. The third kappa shape index (κ3) is 4.49. The molecular formula is C14H25NO2. The highest BCUT2D eigenvalue weighted by atomic mass is 16.2. The summed E-state index contributed by atoms with van der Waals surface area (Å²) in [5.74, 6) is 1.63. The Hall–Kier alpha value is -0.860. The molecular weight excluding hydrogens is 214 g/mol. The summed E-state index contributed by atoms with van der Waals surface area (Å²) < 4.78 is 0. The summed E-state index contributed by atoms with van der Waals surface area (Å²) in [6.45, 7) is 7.52. The van der Waals surface area contributed by atoms with Crippen LogP contribution >= 0.6 is 0 Å². The fraction of sp³-hybridized carbons (Fsp3) is 0.857. The number of nitrogens with zero attached hydrogens (tertiary/aromatic N) is 1. The van der Waals surface area contributed by atoms with E-state index in [9.17, 15) is 9.59 Å². The molecule has 3 heteroatoms. The second-order valence-electron chi connectivity index (χ2n) is 5.44. The molecule has 0 N–H and O–H groups in total. The summed E-state index contributed by atoms with van der Waals surface area (Å²) in [5.41, 5.74) is 0. The van der Waals surface area contributed by atoms with Crippen LogP contribution in [0.1, 0.15) is 52.9 Å². The molecule has 0 spiro atoms. The molecule has 0 radical (unpaired) electrons. The molecule has 0 aliphatic carbocycles. The maximum absolute atomic E-state index is 11.9. The van der Waals surface area contributed by atoms with Crippen molar-refractivity contribution in [3.8, 4) is 0 Å². The first kappa shape index (κ1) is 14.2. The fourth-order valence-electron chi connectivity index (χ4n) is 2.46. The highest BCUT2D eigenvalue weighted by Crippen LogP contribution is 2.25. The number of carbonyl (C=O) groups is 2. The lowest BCUT2D eigenvalue weighted by Crippen LogP contribution is -2.35. The Balaban J connectivity index is 2.50. The molecule has 17 heavy (non-hydrogen) atoms. The van der Waals surface area contributed by atoms with Crippen molar-refractivity contribution in [2.45, 2.75) is 52.9 Å². The molecule has 1 saturated heterocycles. The Kier molecular flexibility index (Phi) is 5.66. The van der Waals surface area contributed by atoms with Crippen molar-refractivity contribution < 1.29 is 9.59 Å². The Labute approximate surface area is 105 Å². The quantitative estimate of drug-likeness (QED) is 0.739. The van der Waals surface area contributed by atoms with E-state index in [0.29, 0.717) is 31.2 Å². The first-order valence-electron chi connectivity index (χ1n) is 6.84. The van der Waals surface area contributed by atoms with E-state index in [1.54, 1.807) is 4.90 Å². The largest absolute Gasteiger partial charge is 0.335 e. The van der Waals surface area contributed by atoms with Crippen molar-refractivity contribution >= 4 is 11.7 Å². The van der Waals surface area contributed by atoms with Crippen molar-refractivity contribution in [3.63, 3.8) is 0 Å². The molecule has 1 unspecified atom stereocenters. The number of hydrogen-bond donors (Lipinski definition) is 0. The van der Waals surface area contributed by atoms with Crippen molar-refractivity contribution in [1.82, 2.24) is 4.90 Å². The predicted molar refractivity (Wildman–Crippen MR) is 68.7 cm³/mol. The molecule has 1 amide bonds. The highest BCUT2D eigenvalue weighted by molar-refractivity contribution is 5.86. The van der Waals surface area contributed by atoms with Gasteiger partial charge in [0.05, 0.1) is 6.54 Å². The van der Waals surface area contributed by atoms with Crippen LogP contribution in [0, 0.1) is 11.8 Å². The molecule has 1 heterocycles. The topological polar surface area (TPSA) is 37.4 Å². The summed E-state index contributed by atoms with van der Waals surface area (Å²) in [5, 5.41) is 0. The lowest BCUT2D eigenvalue weighted by molar-refractivity contribution is -0.134. The van der Waals surface area contributed by atoms with E-state index in [2.05, 4.69) is 13.8 Å². The zero-order chi connectivity index (χ0) is 12.8. The van der Waals surface area contributed by atoms with Gasteiger partial charge in [-0.1, -0.05) is 20.8 Å². The van der Waals surface area contributed by atoms with E-state index in [1.807, 2.05) is 6.92 Å². The molecule has 1 fully saturated rings. The summed E-state index contributed by atoms with van der Waals surface area (Å²) in [4.78, 5) is 25.3. The van der Waals surface area contributed by atoms with Gasteiger partial charge in [-0.15, -0.1) is 0 Å². The SMILES string of the molecule is CCCC(=O)CN1CCC(C(C)C)CCC1=O. The van der Waals surface area contributed by atoms with Gasteiger partial charge in [0.2, 0.25) is 5.91 Å². The molecule has 0 aromatic rings. The van der Waals surface area contributed by atoms with Gasteiger partial charge in [-0.25, -0.2) is 0 Å². The molecule has 0 aromatic carbocycles. The number of carbonyl (C=O) groups excluding carboxylic acids is 2. The normalized spacial score (nSPS) is 21.8. The van der Waals surface area contributed by atoms with Crippen molar-refractivity contribution in [1.29, 1.82) is 0 Å². The van der Waals surface area contributed by atoms with E-state index >= 15 is 0 Å². The standard InChI is InChI=1S/C14H25NO2/c1-4-5-13(16)10-15-9-8-12(11(2)3)6-7-14(15)17/h11-12H,4-10H2,1-3H3. The van der Waals surface area contributed by atoms with Gasteiger partial charge in [-0.2, -0.15) is 0 Å². The van der Waals surface area contributed by atoms with Gasteiger partial charge >= 0.3 is 0 Å². The van der Waals surface area contributed by atoms with E-state index in [-0.39, 0.29) is 11.7 Å². The van der Waals surface area contributed by atoms with Crippen molar-refractivity contribution in [2.24, 2.45) is 11.8 Å². The van der Waals surface area contributed by atoms with Crippen LogP contribution in [0.3, 0.4) is 0 Å². The molecule has 3 nitrogen and oxygen atoms in total. The average Bonchev–Trinajstić information content (AvgIpc) is 2.43. The molecule has 1 rings (SSSR count). The van der Waals surface area contributed by atoms with Crippen LogP contribution in [0.4, 0.5) is 0 Å². The number of amides is 1. The Morgan fingerprint density at radius 2 is 2.12 bits per heavy atom. The summed E-state index contributed by atoms with van der Waals surface area (Å²) in [6, 6.07) is 0. The van der Waals surface area contributed by atoms with Gasteiger partial charge in [0.15, 0.2) is 5.78 Å². The third-order valence-corrected chi connectivity index (χ3v) is 3.69. The van der Waals surface area contributed by atoms with Crippen LogP contribution in [-0.4, -0.2) is 29.7 Å². The lowest BCUT2D eigenvalue weighted by atomic mass is 9.89. The Bertz CT molecular complexity index is 273. The minimum Gasteiger partial charge on any atom is -0.335 e. The number of likely N-dealkylation sites (tertiary alicyclic amines) is 1. The second kappa shape index (κ2) is 6.77. The van der Waals surface area contributed by atoms with Gasteiger partial charge in [0.25, 0.3) is 0 Å². The highest BCUT2D eigenvalue weighted by Gasteiger charge is 2.25. The summed E-state index contributed by atoms with van der Waals surface area (Å²) in [7, 11) is 0. The first-order chi connectivity index (χ1) is 8.04. The second-order valence-corrected chi connectivity index (χ2v) is 5.44. The van der Waals surface area contributed by atoms with Crippen LogP contribution < -0.4 is 0 Å². The van der Waals surface area contributed by atoms with Gasteiger partial charge < -0.3 is 4.90 Å². The van der Waals surface area contributed by atoms with Gasteiger partial charge in [0, 0.05) is 19.4 Å². The lowest BCUT2D eigenvalue weighted by Gasteiger charge is -2.21. The number of rotatable bonds is 5. The zero-order valence-electron chi connectivity index (χ0n) is 11.4. The molecule has 98 valence electrons. The maximum atomic E-state index is 11.9.